The average Bonchev–Trinajstić information content (AvgIpc) is 2.78. The Labute approximate surface area is 99.1 Å². The monoisotopic (exact) mass is 233 g/mol. The van der Waals surface area contributed by atoms with Crippen molar-refractivity contribution in [3.05, 3.63) is 34.7 Å². The van der Waals surface area contributed by atoms with E-state index in [-0.39, 0.29) is 0 Å². The molecule has 16 heavy (non-hydrogen) atoms. The minimum Gasteiger partial charge on any atom is -0.399 e. The molecule has 0 radical (unpaired) electrons. The molecule has 4 heteroatoms. The third kappa shape index (κ3) is 2.23. The summed E-state index contributed by atoms with van der Waals surface area (Å²) in [4.78, 5) is 4.58. The van der Waals surface area contributed by atoms with Crippen LogP contribution in [0.15, 0.2) is 29.6 Å². The fourth-order valence-electron chi connectivity index (χ4n) is 1.40. The largest absolute Gasteiger partial charge is 0.399 e. The highest BCUT2D eigenvalue weighted by Crippen LogP contribution is 2.26. The first-order chi connectivity index (χ1) is 7.70. The average molecular weight is 233 g/mol. The quantitative estimate of drug-likeness (QED) is 0.800. The van der Waals surface area contributed by atoms with Crippen LogP contribution in [0, 0.1) is 0 Å². The topological polar surface area (TPSA) is 64.9 Å². The molecule has 2 rings (SSSR count). The number of hydrogen-bond donors (Lipinski definition) is 2. The molecule has 4 N–H and O–H groups in total. The minimum absolute atomic E-state index is 0.326. The Kier molecular flexibility index (Phi) is 3.22. The third-order valence-electron chi connectivity index (χ3n) is 2.50. The fourth-order valence-corrected chi connectivity index (χ4v) is 2.30. The lowest BCUT2D eigenvalue weighted by Gasteiger charge is -2.02. The summed E-state index contributed by atoms with van der Waals surface area (Å²) in [6.45, 7) is 2.72. The van der Waals surface area contributed by atoms with Crippen molar-refractivity contribution in [1.29, 1.82) is 0 Å². The highest BCUT2D eigenvalue weighted by atomic mass is 32.1. The van der Waals surface area contributed by atoms with Crippen LogP contribution in [0.25, 0.3) is 11.3 Å². The van der Waals surface area contributed by atoms with Gasteiger partial charge in [-0.25, -0.2) is 4.98 Å². The highest BCUT2D eigenvalue weighted by molar-refractivity contribution is 7.10. The molecule has 0 aliphatic carbocycles. The number of rotatable bonds is 3. The van der Waals surface area contributed by atoms with E-state index in [2.05, 4.69) is 17.3 Å². The number of aromatic nitrogens is 1. The Bertz CT molecular complexity index is 461. The zero-order valence-electron chi connectivity index (χ0n) is 9.18. The van der Waals surface area contributed by atoms with E-state index in [0.29, 0.717) is 12.5 Å². The van der Waals surface area contributed by atoms with Crippen molar-refractivity contribution < 1.29 is 0 Å². The number of nitrogens with zero attached hydrogens (tertiary/aromatic N) is 1. The maximum atomic E-state index is 5.65. The summed E-state index contributed by atoms with van der Waals surface area (Å²) in [5, 5.41) is 3.15. The molecule has 1 heterocycles. The summed E-state index contributed by atoms with van der Waals surface area (Å²) in [6, 6.07) is 7.75. The Morgan fingerprint density at radius 3 is 2.62 bits per heavy atom. The van der Waals surface area contributed by atoms with Crippen molar-refractivity contribution in [2.75, 3.05) is 12.3 Å². The Hall–Kier alpha value is -1.39. The van der Waals surface area contributed by atoms with Crippen LogP contribution >= 0.6 is 11.3 Å². The molecule has 1 aromatic heterocycles. The maximum absolute atomic E-state index is 5.65. The van der Waals surface area contributed by atoms with Crippen LogP contribution in [-0.4, -0.2) is 11.5 Å². The van der Waals surface area contributed by atoms with E-state index in [0.717, 1.165) is 22.0 Å². The molecule has 1 aromatic carbocycles. The van der Waals surface area contributed by atoms with E-state index >= 15 is 0 Å². The molecule has 0 saturated heterocycles. The number of hydrogen-bond acceptors (Lipinski definition) is 4. The second-order valence-corrected chi connectivity index (χ2v) is 4.72. The molecule has 0 aliphatic heterocycles. The first kappa shape index (κ1) is 11.1. The van der Waals surface area contributed by atoms with Gasteiger partial charge in [0.05, 0.1) is 10.7 Å². The van der Waals surface area contributed by atoms with Crippen LogP contribution < -0.4 is 11.5 Å². The molecule has 0 fully saturated rings. The lowest BCUT2D eigenvalue weighted by atomic mass is 10.1. The molecule has 0 spiro atoms. The van der Waals surface area contributed by atoms with Gasteiger partial charge in [0, 0.05) is 29.1 Å². The van der Waals surface area contributed by atoms with Gasteiger partial charge in [-0.3, -0.25) is 0 Å². The molecule has 0 aliphatic rings. The van der Waals surface area contributed by atoms with E-state index in [1.165, 1.54) is 0 Å². The minimum atomic E-state index is 0.326. The molecule has 0 bridgehead atoms. The first-order valence-electron chi connectivity index (χ1n) is 5.22. The second kappa shape index (κ2) is 4.63. The van der Waals surface area contributed by atoms with E-state index < -0.39 is 0 Å². The predicted molar refractivity (Wildman–Crippen MR) is 69.4 cm³/mol. The number of nitrogen functional groups attached to an aromatic ring is 1. The summed E-state index contributed by atoms with van der Waals surface area (Å²) in [6.07, 6.45) is 0. The highest BCUT2D eigenvalue weighted by Gasteiger charge is 2.09. The van der Waals surface area contributed by atoms with E-state index in [9.17, 15) is 0 Å². The van der Waals surface area contributed by atoms with Crippen molar-refractivity contribution in [2.24, 2.45) is 5.73 Å². The van der Waals surface area contributed by atoms with Crippen LogP contribution in [0.1, 0.15) is 17.8 Å². The van der Waals surface area contributed by atoms with Gasteiger partial charge < -0.3 is 11.5 Å². The van der Waals surface area contributed by atoms with Crippen LogP contribution in [0.3, 0.4) is 0 Å². The van der Waals surface area contributed by atoms with Crippen molar-refractivity contribution >= 4 is 17.0 Å². The molecular weight excluding hydrogens is 218 g/mol. The molecule has 0 saturated carbocycles. The van der Waals surface area contributed by atoms with Gasteiger partial charge >= 0.3 is 0 Å². The van der Waals surface area contributed by atoms with E-state index in [4.69, 9.17) is 11.5 Å². The van der Waals surface area contributed by atoms with Gasteiger partial charge in [0.25, 0.3) is 0 Å². The number of benzene rings is 1. The van der Waals surface area contributed by atoms with Gasteiger partial charge in [0.15, 0.2) is 0 Å². The molecular formula is C12H15N3S. The van der Waals surface area contributed by atoms with Crippen LogP contribution in [-0.2, 0) is 0 Å². The van der Waals surface area contributed by atoms with E-state index in [1.54, 1.807) is 11.3 Å². The summed E-state index contributed by atoms with van der Waals surface area (Å²) >= 11 is 1.66. The number of anilines is 1. The molecule has 3 nitrogen and oxygen atoms in total. The lowest BCUT2D eigenvalue weighted by molar-refractivity contribution is 0.766. The van der Waals surface area contributed by atoms with Crippen LogP contribution in [0.4, 0.5) is 5.69 Å². The van der Waals surface area contributed by atoms with Gasteiger partial charge in [0.2, 0.25) is 0 Å². The summed E-state index contributed by atoms with van der Waals surface area (Å²) < 4.78 is 0. The molecule has 2 aromatic rings. The summed E-state index contributed by atoms with van der Waals surface area (Å²) in [5.74, 6) is 0.326. The first-order valence-corrected chi connectivity index (χ1v) is 6.10. The summed E-state index contributed by atoms with van der Waals surface area (Å²) in [5.41, 5.74) is 14.1. The third-order valence-corrected chi connectivity index (χ3v) is 3.58. The van der Waals surface area contributed by atoms with Gasteiger partial charge in [-0.05, 0) is 12.1 Å². The predicted octanol–water partition coefficient (Wildman–Crippen LogP) is 2.45. The lowest BCUT2D eigenvalue weighted by Crippen LogP contribution is -2.08. The zero-order chi connectivity index (χ0) is 11.5. The molecule has 1 unspecified atom stereocenters. The van der Waals surface area contributed by atoms with Gasteiger partial charge in [-0.1, -0.05) is 19.1 Å². The molecule has 0 amide bonds. The molecule has 1 atom stereocenters. The Morgan fingerprint density at radius 1 is 1.31 bits per heavy atom. The number of thiazole rings is 1. The maximum Gasteiger partial charge on any atom is 0.0973 e. The Morgan fingerprint density at radius 2 is 2.00 bits per heavy atom. The van der Waals surface area contributed by atoms with Crippen LogP contribution in [0.5, 0.6) is 0 Å². The van der Waals surface area contributed by atoms with Crippen molar-refractivity contribution in [1.82, 2.24) is 4.98 Å². The zero-order valence-corrected chi connectivity index (χ0v) is 10.00. The smallest absolute Gasteiger partial charge is 0.0973 e. The second-order valence-electron chi connectivity index (χ2n) is 3.83. The van der Waals surface area contributed by atoms with Gasteiger partial charge in [-0.2, -0.15) is 0 Å². The van der Waals surface area contributed by atoms with E-state index in [1.807, 2.05) is 24.3 Å². The normalized spacial score (nSPS) is 12.6. The van der Waals surface area contributed by atoms with Crippen molar-refractivity contribution in [3.63, 3.8) is 0 Å². The summed E-state index contributed by atoms with van der Waals surface area (Å²) in [7, 11) is 0. The fraction of sp³-hybridized carbons (Fsp3) is 0.250. The molecule has 84 valence electrons. The van der Waals surface area contributed by atoms with Gasteiger partial charge in [0.1, 0.15) is 0 Å². The standard InChI is InChI=1S/C12H15N3S/c1-8(6-13)12-15-11(7-16-12)9-2-4-10(14)5-3-9/h2-5,7-8H,6,13-14H2,1H3. The SMILES string of the molecule is CC(CN)c1nc(-c2ccc(N)cc2)cs1. The number of nitrogens with two attached hydrogens (primary N) is 2. The van der Waals surface area contributed by atoms with Crippen LogP contribution in [0.2, 0.25) is 0 Å². The van der Waals surface area contributed by atoms with Crippen molar-refractivity contribution in [3.8, 4) is 11.3 Å². The van der Waals surface area contributed by atoms with Gasteiger partial charge in [-0.15, -0.1) is 11.3 Å². The Balaban J connectivity index is 2.28. The van der Waals surface area contributed by atoms with Crippen molar-refractivity contribution in [2.45, 2.75) is 12.8 Å².